The van der Waals surface area contributed by atoms with Gasteiger partial charge in [0.2, 0.25) is 5.95 Å². The van der Waals surface area contributed by atoms with E-state index in [1.54, 1.807) is 9.47 Å². The summed E-state index contributed by atoms with van der Waals surface area (Å²) < 4.78 is 6.46. The number of imidazole rings is 1. The highest BCUT2D eigenvalue weighted by Crippen LogP contribution is 2.27. The number of anilines is 2. The fourth-order valence-corrected chi connectivity index (χ4v) is 2.11. The molecule has 0 unspecified atom stereocenters. The molecule has 0 spiro atoms. The van der Waals surface area contributed by atoms with Gasteiger partial charge in [0.05, 0.1) is 12.9 Å². The smallest absolute Gasteiger partial charge is 0.224 e. The van der Waals surface area contributed by atoms with Crippen LogP contribution in [0.4, 0.5) is 11.8 Å². The average molecular weight is 314 g/mol. The summed E-state index contributed by atoms with van der Waals surface area (Å²) in [5, 5.41) is 0. The van der Waals surface area contributed by atoms with E-state index in [2.05, 4.69) is 15.0 Å². The Kier molecular flexibility index (Phi) is 4.55. The molecule has 0 amide bonds. The van der Waals surface area contributed by atoms with Gasteiger partial charge in [-0.05, 0) is 0 Å². The van der Waals surface area contributed by atoms with E-state index in [1.165, 1.54) is 6.33 Å². The zero-order chi connectivity index (χ0) is 15.6. The van der Waals surface area contributed by atoms with Gasteiger partial charge in [0.15, 0.2) is 17.0 Å². The third kappa shape index (κ3) is 3.96. The Balaban J connectivity index is 2.15. The van der Waals surface area contributed by atoms with Crippen molar-refractivity contribution in [3.05, 3.63) is 6.33 Å². The molecule has 0 aliphatic rings. The summed E-state index contributed by atoms with van der Waals surface area (Å²) >= 11 is 0. The summed E-state index contributed by atoms with van der Waals surface area (Å²) in [6, 6.07) is 0. The van der Waals surface area contributed by atoms with E-state index in [4.69, 9.17) is 10.5 Å². The average Bonchev–Trinajstić information content (AvgIpc) is 2.75. The largest absolute Gasteiger partial charge is 0.686 e. The lowest BCUT2D eigenvalue weighted by Gasteiger charge is -2.40. The fourth-order valence-electron chi connectivity index (χ4n) is 1.76. The summed E-state index contributed by atoms with van der Waals surface area (Å²) in [5.41, 5.74) is 6.75. The lowest BCUT2D eigenvalue weighted by atomic mass is 10.4. The van der Waals surface area contributed by atoms with E-state index in [1.807, 2.05) is 14.1 Å². The van der Waals surface area contributed by atoms with Crippen molar-refractivity contribution in [3.63, 3.8) is 0 Å². The molecule has 2 rings (SSSR count). The normalized spacial score (nSPS) is 12.0. The molecule has 21 heavy (non-hydrogen) atoms. The van der Waals surface area contributed by atoms with Gasteiger partial charge in [-0.15, -0.1) is 7.94 Å². The van der Waals surface area contributed by atoms with E-state index in [0.29, 0.717) is 23.5 Å². The number of hydrogen-bond acceptors (Lipinski definition) is 9. The standard InChI is InChI=1S/C10H17N6O4P/c1-15(2)8-7-9(14-10(11)13-8)16(5-12-7)3-4-20-6-21(17,18)19/h5H,3-4,6H2,1-2H3,(H2,11,13,14)(H2,17,18,19)/p-2. The maximum atomic E-state index is 10.5. The van der Waals surface area contributed by atoms with Crippen LogP contribution < -0.4 is 25.3 Å². The quantitative estimate of drug-likeness (QED) is 0.443. The van der Waals surface area contributed by atoms with Gasteiger partial charge >= 0.3 is 0 Å². The van der Waals surface area contributed by atoms with Crippen LogP contribution in [-0.4, -0.2) is 46.6 Å². The number of fused-ring (bicyclic) bond motifs is 1. The van der Waals surface area contributed by atoms with Gasteiger partial charge in [-0.25, -0.2) is 4.98 Å². The first-order valence-corrected chi connectivity index (χ1v) is 7.75. The molecular weight excluding hydrogens is 299 g/mol. The van der Waals surface area contributed by atoms with Crippen LogP contribution in [0.2, 0.25) is 0 Å². The van der Waals surface area contributed by atoms with E-state index in [-0.39, 0.29) is 12.6 Å². The second-order valence-electron chi connectivity index (χ2n) is 4.56. The Bertz CT molecular complexity index is 626. The second-order valence-corrected chi connectivity index (χ2v) is 6.04. The molecule has 2 aromatic rings. The third-order valence-corrected chi connectivity index (χ3v) is 3.11. The Morgan fingerprint density at radius 3 is 2.67 bits per heavy atom. The van der Waals surface area contributed by atoms with Crippen molar-refractivity contribution in [2.24, 2.45) is 0 Å². The van der Waals surface area contributed by atoms with Crippen molar-refractivity contribution in [2.45, 2.75) is 6.54 Å². The molecule has 0 atom stereocenters. The first-order valence-electron chi connectivity index (χ1n) is 6.02. The van der Waals surface area contributed by atoms with Crippen molar-refractivity contribution in [1.82, 2.24) is 19.5 Å². The minimum Gasteiger partial charge on any atom is -0.686 e. The van der Waals surface area contributed by atoms with Gasteiger partial charge in [-0.3, -0.25) is 0 Å². The highest BCUT2D eigenvalue weighted by atomic mass is 31.2. The van der Waals surface area contributed by atoms with Crippen molar-refractivity contribution >= 4 is 30.9 Å². The molecule has 0 aromatic carbocycles. The highest BCUT2D eigenvalue weighted by molar-refractivity contribution is 7.53. The molecule has 2 N–H and O–H groups in total. The van der Waals surface area contributed by atoms with Crippen LogP contribution in [0.5, 0.6) is 0 Å². The number of aromatic nitrogens is 4. The number of nitrogens with two attached hydrogens (primary N) is 1. The first-order chi connectivity index (χ1) is 9.78. The number of rotatable bonds is 6. The van der Waals surface area contributed by atoms with E-state index in [0.717, 1.165) is 0 Å². The van der Waals surface area contributed by atoms with Crippen LogP contribution in [0.15, 0.2) is 6.33 Å². The molecule has 0 fully saturated rings. The van der Waals surface area contributed by atoms with E-state index in [9.17, 15) is 14.7 Å². The third-order valence-electron chi connectivity index (χ3n) is 2.61. The Labute approximate surface area is 121 Å². The van der Waals surface area contributed by atoms with Gasteiger partial charge in [-0.1, -0.05) is 0 Å². The molecule has 0 saturated carbocycles. The molecule has 0 aliphatic carbocycles. The van der Waals surface area contributed by atoms with Crippen LogP contribution in [0, 0.1) is 0 Å². The highest BCUT2D eigenvalue weighted by Gasteiger charge is 2.13. The Morgan fingerprint density at radius 1 is 1.33 bits per heavy atom. The predicted octanol–water partition coefficient (Wildman–Crippen LogP) is -2.71. The van der Waals surface area contributed by atoms with Crippen molar-refractivity contribution in [1.29, 1.82) is 0 Å². The van der Waals surface area contributed by atoms with Gasteiger partial charge in [0.25, 0.3) is 0 Å². The molecule has 0 bridgehead atoms. The van der Waals surface area contributed by atoms with Crippen LogP contribution in [0.3, 0.4) is 0 Å². The molecule has 0 radical (unpaired) electrons. The monoisotopic (exact) mass is 314 g/mol. The van der Waals surface area contributed by atoms with Gasteiger partial charge in [0.1, 0.15) is 6.35 Å². The molecule has 0 aliphatic heterocycles. The lowest BCUT2D eigenvalue weighted by molar-refractivity contribution is -0.431. The maximum absolute atomic E-state index is 10.5. The second kappa shape index (κ2) is 6.04. The van der Waals surface area contributed by atoms with Crippen molar-refractivity contribution in [2.75, 3.05) is 37.7 Å². The zero-order valence-electron chi connectivity index (χ0n) is 11.6. The lowest BCUT2D eigenvalue weighted by Crippen LogP contribution is -2.35. The molecular formula is C10H15N6O4P-2. The Hall–Kier alpha value is -1.58. The van der Waals surface area contributed by atoms with Crippen LogP contribution >= 0.6 is 7.94 Å². The van der Waals surface area contributed by atoms with Crippen LogP contribution in [0.25, 0.3) is 11.2 Å². The van der Waals surface area contributed by atoms with Gasteiger partial charge < -0.3 is 34.6 Å². The fraction of sp³-hybridized carbons (Fsp3) is 0.500. The Morgan fingerprint density at radius 2 is 2.05 bits per heavy atom. The molecule has 10 nitrogen and oxygen atoms in total. The van der Waals surface area contributed by atoms with Gasteiger partial charge in [-0.2, -0.15) is 9.97 Å². The van der Waals surface area contributed by atoms with E-state index < -0.39 is 14.3 Å². The minimum absolute atomic E-state index is 0.0428. The van der Waals surface area contributed by atoms with Gasteiger partial charge in [0, 0.05) is 20.6 Å². The van der Waals surface area contributed by atoms with Crippen LogP contribution in [0.1, 0.15) is 0 Å². The maximum Gasteiger partial charge on any atom is 0.224 e. The summed E-state index contributed by atoms with van der Waals surface area (Å²) in [6.07, 6.45) is 0.697. The van der Waals surface area contributed by atoms with E-state index >= 15 is 0 Å². The van der Waals surface area contributed by atoms with Crippen molar-refractivity contribution in [3.8, 4) is 0 Å². The number of nitrogen functional groups attached to an aromatic ring is 1. The molecule has 2 aromatic heterocycles. The predicted molar refractivity (Wildman–Crippen MR) is 71.8 cm³/mol. The first kappa shape index (κ1) is 15.8. The summed E-state index contributed by atoms with van der Waals surface area (Å²) in [6.45, 7) is 0.334. The molecule has 0 saturated heterocycles. The molecule has 2 heterocycles. The van der Waals surface area contributed by atoms with Crippen molar-refractivity contribution < 1.29 is 19.4 Å². The summed E-state index contributed by atoms with van der Waals surface area (Å²) in [5.74, 6) is 0.693. The molecule has 11 heteroatoms. The molecule has 116 valence electrons. The minimum atomic E-state index is -4.65. The number of hydrogen-bond donors (Lipinski definition) is 1. The SMILES string of the molecule is CN(C)c1nc(N)nc2c1ncn2CCOC[P+]([O-])([O-])[O-]. The number of nitrogens with zero attached hydrogens (tertiary/aromatic N) is 5. The summed E-state index contributed by atoms with van der Waals surface area (Å²) in [4.78, 5) is 45.6. The van der Waals surface area contributed by atoms with Crippen LogP contribution in [-0.2, 0) is 11.3 Å². The zero-order valence-corrected chi connectivity index (χ0v) is 12.5. The topological polar surface area (TPSA) is 151 Å². The number of ether oxygens (including phenoxy) is 1. The summed E-state index contributed by atoms with van der Waals surface area (Å²) in [7, 11) is -1.03.